The van der Waals surface area contributed by atoms with Crippen LogP contribution in [-0.4, -0.2) is 23.6 Å². The van der Waals surface area contributed by atoms with E-state index >= 15 is 19.2 Å². The van der Waals surface area contributed by atoms with Crippen molar-refractivity contribution in [3.05, 3.63) is 222 Å². The molecule has 2 aliphatic rings. The van der Waals surface area contributed by atoms with Gasteiger partial charge in [-0.05, 0) is 172 Å². The lowest BCUT2D eigenvalue weighted by Gasteiger charge is -2.38. The molecular formula is C92H98N2O8. The third-order valence-corrected chi connectivity index (χ3v) is 21.4. The number of fused-ring (bicyclic) bond motifs is 2. The van der Waals surface area contributed by atoms with Crippen LogP contribution in [0.5, 0.6) is 46.0 Å². The molecule has 0 saturated heterocycles. The van der Waals surface area contributed by atoms with E-state index in [4.69, 9.17) is 18.9 Å². The Hall–Kier alpha value is -9.80. The molecule has 0 aromatic heterocycles. The standard InChI is InChI=1S/C92H98N2O8/c1-17-21-39-63-71-75-72(90(96)93(89(71)95)83-59(51(5)6)43-33-44-60(83)52(7)8)64(40-22-18-2)87(101-69-49-31-27-37-57(69)15)81-77(75)79(85(63)99-67-47-29-25-35-55(67)13)80-78-76-73(65(41-23-19-3)86(80)100-68-48-30-26-36-56(68)14)91(97)94(84-61(53(9)10)45-34-46-62(84)54(11)12)92(98)74(76)66(42-24-20-4)88(82(78)81)102-70-50-32-28-38-58(70)16/h25-38,43-54H,17-24,39-42H2,1-16H3. The van der Waals surface area contributed by atoms with E-state index in [0.717, 1.165) is 70.2 Å². The largest absolute Gasteiger partial charge is 0.456 e. The van der Waals surface area contributed by atoms with Gasteiger partial charge in [-0.15, -0.1) is 0 Å². The fourth-order valence-corrected chi connectivity index (χ4v) is 16.0. The molecular weight excluding hydrogens is 1260 g/mol. The number of anilines is 2. The number of unbranched alkanes of at least 4 members (excludes halogenated alkanes) is 4. The zero-order chi connectivity index (χ0) is 72.3. The second-order valence-electron chi connectivity index (χ2n) is 29.7. The summed E-state index contributed by atoms with van der Waals surface area (Å²) in [6.07, 6.45) is 7.14. The van der Waals surface area contributed by atoms with E-state index in [0.29, 0.717) is 196 Å². The van der Waals surface area contributed by atoms with Crippen molar-refractivity contribution in [2.75, 3.05) is 9.80 Å². The molecule has 2 heterocycles. The number of hydrogen-bond donors (Lipinski definition) is 0. The van der Waals surface area contributed by atoms with Crippen LogP contribution in [0.25, 0.3) is 43.1 Å². The van der Waals surface area contributed by atoms with Gasteiger partial charge in [0.05, 0.1) is 33.6 Å². The number of aryl methyl sites for hydroxylation is 4. The molecule has 13 rings (SSSR count). The van der Waals surface area contributed by atoms with Gasteiger partial charge in [0, 0.05) is 65.3 Å². The summed E-state index contributed by atoms with van der Waals surface area (Å²) in [6, 6.07) is 44.2. The first-order valence-corrected chi connectivity index (χ1v) is 37.6. The number of hydrogen-bond acceptors (Lipinski definition) is 8. The Morgan fingerprint density at radius 3 is 0.696 bits per heavy atom. The van der Waals surface area contributed by atoms with Gasteiger partial charge in [-0.3, -0.25) is 19.2 Å². The molecule has 0 atom stereocenters. The van der Waals surface area contributed by atoms with Crippen LogP contribution in [0, 0.1) is 27.7 Å². The Bertz CT molecular complexity index is 4540. The maximum Gasteiger partial charge on any atom is 0.266 e. The lowest BCUT2D eigenvalue weighted by atomic mass is 9.74. The van der Waals surface area contributed by atoms with Crippen LogP contribution in [0.15, 0.2) is 133 Å². The average Bonchev–Trinajstić information content (AvgIpc) is 0.657. The lowest BCUT2D eigenvalue weighted by Crippen LogP contribution is -2.43. The van der Waals surface area contributed by atoms with E-state index in [-0.39, 0.29) is 23.7 Å². The number of ether oxygens (including phenoxy) is 4. The van der Waals surface area contributed by atoms with Gasteiger partial charge in [-0.2, -0.15) is 0 Å². The van der Waals surface area contributed by atoms with Crippen LogP contribution in [0.3, 0.4) is 0 Å². The second-order valence-corrected chi connectivity index (χ2v) is 29.7. The minimum Gasteiger partial charge on any atom is -0.456 e. The highest BCUT2D eigenvalue weighted by Crippen LogP contribution is 2.63. The summed E-state index contributed by atoms with van der Waals surface area (Å²) >= 11 is 0. The number of para-hydroxylation sites is 6. The van der Waals surface area contributed by atoms with Gasteiger partial charge >= 0.3 is 0 Å². The summed E-state index contributed by atoms with van der Waals surface area (Å²) < 4.78 is 31.8. The first kappa shape index (κ1) is 70.6. The van der Waals surface area contributed by atoms with E-state index in [1.54, 1.807) is 0 Å². The molecule has 0 bridgehead atoms. The van der Waals surface area contributed by atoms with Gasteiger partial charge in [0.25, 0.3) is 23.6 Å². The number of carbonyl (C=O) groups excluding carboxylic acids is 4. The highest BCUT2D eigenvalue weighted by molar-refractivity contribution is 6.49. The predicted molar refractivity (Wildman–Crippen MR) is 419 cm³/mol. The molecule has 0 fully saturated rings. The fraction of sp³-hybridized carbons (Fsp3) is 0.348. The summed E-state index contributed by atoms with van der Waals surface area (Å²) in [7, 11) is 0. The van der Waals surface area contributed by atoms with Gasteiger partial charge in [-0.1, -0.05) is 218 Å². The van der Waals surface area contributed by atoms with Crippen LogP contribution < -0.4 is 28.7 Å². The summed E-state index contributed by atoms with van der Waals surface area (Å²) in [5.74, 6) is 1.84. The fourth-order valence-electron chi connectivity index (χ4n) is 16.0. The minimum atomic E-state index is -0.440. The normalized spacial score (nSPS) is 13.2. The Morgan fingerprint density at radius 1 is 0.284 bits per heavy atom. The second kappa shape index (κ2) is 28.9. The Labute approximate surface area is 602 Å². The van der Waals surface area contributed by atoms with Crippen molar-refractivity contribution in [1.29, 1.82) is 0 Å². The van der Waals surface area contributed by atoms with Crippen LogP contribution >= 0.6 is 0 Å². The van der Waals surface area contributed by atoms with Crippen LogP contribution in [0.4, 0.5) is 11.4 Å². The molecule has 0 unspecified atom stereocenters. The van der Waals surface area contributed by atoms with Gasteiger partial charge in [-0.25, -0.2) is 9.80 Å². The van der Waals surface area contributed by atoms with Crippen molar-refractivity contribution in [3.63, 3.8) is 0 Å². The molecule has 10 nitrogen and oxygen atoms in total. The highest BCUT2D eigenvalue weighted by Gasteiger charge is 2.48. The summed E-state index contributed by atoms with van der Waals surface area (Å²) in [4.78, 5) is 73.2. The van der Waals surface area contributed by atoms with Crippen molar-refractivity contribution in [3.8, 4) is 46.0 Å². The van der Waals surface area contributed by atoms with Gasteiger partial charge in [0.1, 0.15) is 46.0 Å². The molecule has 2 aliphatic heterocycles. The van der Waals surface area contributed by atoms with E-state index in [1.807, 2.05) is 137 Å². The molecule has 102 heavy (non-hydrogen) atoms. The summed E-state index contributed by atoms with van der Waals surface area (Å²) in [6.45, 7) is 33.8. The number of carbonyl (C=O) groups is 4. The first-order chi connectivity index (χ1) is 49.2. The maximum atomic E-state index is 17.5. The Morgan fingerprint density at radius 2 is 0.500 bits per heavy atom. The van der Waals surface area contributed by atoms with Crippen molar-refractivity contribution in [1.82, 2.24) is 0 Å². The van der Waals surface area contributed by atoms with Crippen molar-refractivity contribution < 1.29 is 38.1 Å². The molecule has 10 heteroatoms. The van der Waals surface area contributed by atoms with Crippen LogP contribution in [-0.2, 0) is 25.7 Å². The van der Waals surface area contributed by atoms with Gasteiger partial charge < -0.3 is 18.9 Å². The highest BCUT2D eigenvalue weighted by atomic mass is 16.5. The SMILES string of the molecule is CCCCc1c2c3c(c(CCCC)c(Oc4ccccc4C)c4c5c(Oc6ccccc6C)c(CCCC)c6c7c(c(CCCC)c(Oc8ccccc8C)c(c(c1Oc1ccccc1C)c34)c75)C(=O)N(c1c(C(C)C)cccc1C(C)C)C6=O)C(=O)N(c1c(C(C)C)cccc1C(C)C)C2=O. The molecule has 11 aromatic rings. The first-order valence-electron chi connectivity index (χ1n) is 37.6. The smallest absolute Gasteiger partial charge is 0.266 e. The number of imide groups is 2. The zero-order valence-electron chi connectivity index (χ0n) is 62.7. The van der Waals surface area contributed by atoms with Gasteiger partial charge in [0.2, 0.25) is 0 Å². The summed E-state index contributed by atoms with van der Waals surface area (Å²) in [5.41, 5.74) is 12.3. The zero-order valence-corrected chi connectivity index (χ0v) is 62.7. The number of nitrogens with zero attached hydrogens (tertiary/aromatic N) is 2. The Kier molecular flexibility index (Phi) is 20.0. The Balaban J connectivity index is 1.43. The molecule has 0 spiro atoms. The third kappa shape index (κ3) is 11.8. The molecule has 0 radical (unpaired) electrons. The summed E-state index contributed by atoms with van der Waals surface area (Å²) in [5, 5.41) is 4.39. The number of amides is 4. The third-order valence-electron chi connectivity index (χ3n) is 21.4. The van der Waals surface area contributed by atoms with E-state index in [2.05, 4.69) is 107 Å². The molecule has 0 saturated carbocycles. The maximum absolute atomic E-state index is 17.5. The van der Waals surface area contributed by atoms with E-state index in [1.165, 1.54) is 9.80 Å². The van der Waals surface area contributed by atoms with Crippen LogP contribution in [0.2, 0.25) is 0 Å². The molecule has 11 aromatic carbocycles. The van der Waals surface area contributed by atoms with Crippen molar-refractivity contribution in [2.24, 2.45) is 0 Å². The van der Waals surface area contributed by atoms with E-state index in [9.17, 15) is 0 Å². The topological polar surface area (TPSA) is 112 Å². The molecule has 524 valence electrons. The predicted octanol–water partition coefficient (Wildman–Crippen LogP) is 25.6. The quantitative estimate of drug-likeness (QED) is 0.0299. The van der Waals surface area contributed by atoms with E-state index < -0.39 is 23.6 Å². The number of rotatable bonds is 26. The lowest BCUT2D eigenvalue weighted by molar-refractivity contribution is 0.0875. The number of benzene rings is 11. The average molecular weight is 1360 g/mol. The van der Waals surface area contributed by atoms with Crippen molar-refractivity contribution >= 4 is 78.1 Å². The van der Waals surface area contributed by atoms with Crippen LogP contribution in [0.1, 0.15) is 266 Å². The van der Waals surface area contributed by atoms with Crippen molar-refractivity contribution in [2.45, 2.75) is 212 Å². The molecule has 0 aliphatic carbocycles. The molecule has 4 amide bonds. The monoisotopic (exact) mass is 1360 g/mol. The molecule has 0 N–H and O–H groups in total. The minimum absolute atomic E-state index is 0.0797. The van der Waals surface area contributed by atoms with Gasteiger partial charge in [0.15, 0.2) is 0 Å².